The fourth-order valence-electron chi connectivity index (χ4n) is 6.52. The Hall–Kier alpha value is -1.32. The lowest BCUT2D eigenvalue weighted by Crippen LogP contribution is -2.42. The van der Waals surface area contributed by atoms with Crippen LogP contribution in [0.3, 0.4) is 0 Å². The minimum absolute atomic E-state index is 0.00542. The van der Waals surface area contributed by atoms with E-state index in [9.17, 15) is 9.59 Å². The fraction of sp³-hybridized carbons (Fsp3) is 0.800. The first kappa shape index (κ1) is 16.2. The molecule has 132 valence electrons. The summed E-state index contributed by atoms with van der Waals surface area (Å²) >= 11 is 0. The molecule has 0 amide bonds. The molecule has 0 aromatic rings. The van der Waals surface area contributed by atoms with Crippen molar-refractivity contribution >= 4 is 11.9 Å². The summed E-state index contributed by atoms with van der Waals surface area (Å²) in [7, 11) is 0. The molecule has 0 aromatic carbocycles. The Balaban J connectivity index is 1.46. The molecule has 0 saturated heterocycles. The van der Waals surface area contributed by atoms with Gasteiger partial charge < -0.3 is 9.47 Å². The lowest BCUT2D eigenvalue weighted by molar-refractivity contribution is -0.164. The maximum Gasteiger partial charge on any atom is 0.330 e. The molecule has 4 nitrogen and oxygen atoms in total. The molecule has 0 heterocycles. The number of ether oxygens (including phenoxy) is 2. The summed E-state index contributed by atoms with van der Waals surface area (Å²) in [5, 5.41) is 0. The van der Waals surface area contributed by atoms with Gasteiger partial charge in [-0.3, -0.25) is 4.79 Å². The van der Waals surface area contributed by atoms with Gasteiger partial charge in [-0.2, -0.15) is 0 Å². The van der Waals surface area contributed by atoms with E-state index in [-0.39, 0.29) is 24.0 Å². The minimum Gasteiger partial charge on any atom is -0.460 e. The maximum atomic E-state index is 12.6. The van der Waals surface area contributed by atoms with Crippen LogP contribution in [0.25, 0.3) is 0 Å². The SMILES string of the molecule is C=CC(=O)OC1CC2CC1C1C3CC(C(=O)OC(C)(C)C)C(C3)C21. The summed E-state index contributed by atoms with van der Waals surface area (Å²) in [6.45, 7) is 9.33. The largest absolute Gasteiger partial charge is 0.460 e. The van der Waals surface area contributed by atoms with Gasteiger partial charge in [-0.15, -0.1) is 0 Å². The quantitative estimate of drug-likeness (QED) is 0.452. The Morgan fingerprint density at radius 3 is 2.29 bits per heavy atom. The van der Waals surface area contributed by atoms with Crippen LogP contribution in [0.1, 0.15) is 46.5 Å². The molecule has 4 aliphatic rings. The number of rotatable bonds is 3. The van der Waals surface area contributed by atoms with Gasteiger partial charge in [0.2, 0.25) is 0 Å². The van der Waals surface area contributed by atoms with Crippen LogP contribution in [0.2, 0.25) is 0 Å². The van der Waals surface area contributed by atoms with Crippen molar-refractivity contribution in [1.82, 2.24) is 0 Å². The van der Waals surface area contributed by atoms with Crippen molar-refractivity contribution in [2.24, 2.45) is 41.4 Å². The standard InChI is InChI=1S/C20H28O4/c1-5-16(21)23-15-9-11-8-14(15)18-10-6-12(17(11)18)13(7-10)19(22)24-20(2,3)4/h5,10-15,17-18H,1,6-9H2,2-4H3. The number of hydrogen-bond acceptors (Lipinski definition) is 4. The molecule has 0 N–H and O–H groups in total. The van der Waals surface area contributed by atoms with Crippen LogP contribution < -0.4 is 0 Å². The fourth-order valence-corrected chi connectivity index (χ4v) is 6.52. The maximum absolute atomic E-state index is 12.6. The highest BCUT2D eigenvalue weighted by atomic mass is 16.6. The predicted octanol–water partition coefficient (Wildman–Crippen LogP) is 3.35. The average molecular weight is 332 g/mol. The second-order valence-electron chi connectivity index (χ2n) is 9.26. The molecule has 0 aromatic heterocycles. The molecule has 4 fully saturated rings. The minimum atomic E-state index is -0.406. The summed E-state index contributed by atoms with van der Waals surface area (Å²) < 4.78 is 11.3. The summed E-state index contributed by atoms with van der Waals surface area (Å²) in [6, 6.07) is 0. The highest BCUT2D eigenvalue weighted by molar-refractivity contribution is 5.81. The Kier molecular flexibility index (Phi) is 3.59. The molecule has 8 unspecified atom stereocenters. The van der Waals surface area contributed by atoms with Crippen molar-refractivity contribution in [3.05, 3.63) is 12.7 Å². The summed E-state index contributed by atoms with van der Waals surface area (Å²) in [5.74, 6) is 3.30. The molecular weight excluding hydrogens is 304 g/mol. The van der Waals surface area contributed by atoms with Crippen LogP contribution in [0, 0.1) is 41.4 Å². The zero-order chi connectivity index (χ0) is 17.2. The van der Waals surface area contributed by atoms with Gasteiger partial charge in [-0.1, -0.05) is 6.58 Å². The second kappa shape index (κ2) is 5.34. The first-order chi connectivity index (χ1) is 11.3. The number of esters is 2. The van der Waals surface area contributed by atoms with Crippen LogP contribution >= 0.6 is 0 Å². The van der Waals surface area contributed by atoms with E-state index in [4.69, 9.17) is 9.47 Å². The zero-order valence-electron chi connectivity index (χ0n) is 14.9. The van der Waals surface area contributed by atoms with E-state index in [1.54, 1.807) is 0 Å². The Labute approximate surface area is 144 Å². The third-order valence-electron chi connectivity index (χ3n) is 6.90. The topological polar surface area (TPSA) is 52.6 Å². The number of carbonyl (C=O) groups is 2. The van der Waals surface area contributed by atoms with Crippen LogP contribution in [-0.2, 0) is 19.1 Å². The number of carbonyl (C=O) groups excluding carboxylic acids is 2. The Bertz CT molecular complexity index is 575. The van der Waals surface area contributed by atoms with Crippen molar-refractivity contribution in [2.45, 2.75) is 58.2 Å². The summed E-state index contributed by atoms with van der Waals surface area (Å²) in [6.07, 6.45) is 5.60. The van der Waals surface area contributed by atoms with E-state index < -0.39 is 5.60 Å². The molecule has 4 rings (SSSR count). The van der Waals surface area contributed by atoms with E-state index in [1.807, 2.05) is 20.8 Å². The van der Waals surface area contributed by atoms with Gasteiger partial charge >= 0.3 is 11.9 Å². The van der Waals surface area contributed by atoms with Crippen molar-refractivity contribution in [1.29, 1.82) is 0 Å². The van der Waals surface area contributed by atoms with Crippen LogP contribution in [0.5, 0.6) is 0 Å². The molecule has 0 spiro atoms. The van der Waals surface area contributed by atoms with Crippen molar-refractivity contribution in [2.75, 3.05) is 0 Å². The van der Waals surface area contributed by atoms with E-state index >= 15 is 0 Å². The smallest absolute Gasteiger partial charge is 0.330 e. The third kappa shape index (κ3) is 2.41. The van der Waals surface area contributed by atoms with Crippen molar-refractivity contribution in [3.63, 3.8) is 0 Å². The van der Waals surface area contributed by atoms with Crippen molar-refractivity contribution < 1.29 is 19.1 Å². The molecule has 24 heavy (non-hydrogen) atoms. The van der Waals surface area contributed by atoms with Gasteiger partial charge in [0.25, 0.3) is 0 Å². The van der Waals surface area contributed by atoms with Crippen LogP contribution in [0.4, 0.5) is 0 Å². The molecule has 4 heteroatoms. The van der Waals surface area contributed by atoms with Gasteiger partial charge in [-0.25, -0.2) is 4.79 Å². The molecule has 4 bridgehead atoms. The van der Waals surface area contributed by atoms with Gasteiger partial charge in [-0.05, 0) is 82.0 Å². The lowest BCUT2D eigenvalue weighted by Gasteiger charge is -2.40. The molecule has 8 atom stereocenters. The number of hydrogen-bond donors (Lipinski definition) is 0. The summed E-state index contributed by atoms with van der Waals surface area (Å²) in [4.78, 5) is 24.2. The van der Waals surface area contributed by atoms with Crippen molar-refractivity contribution in [3.8, 4) is 0 Å². The van der Waals surface area contributed by atoms with E-state index in [0.717, 1.165) is 19.3 Å². The van der Waals surface area contributed by atoms with E-state index in [2.05, 4.69) is 6.58 Å². The highest BCUT2D eigenvalue weighted by Gasteiger charge is 2.66. The summed E-state index contributed by atoms with van der Waals surface area (Å²) in [5.41, 5.74) is -0.406. The second-order valence-corrected chi connectivity index (χ2v) is 9.26. The first-order valence-corrected chi connectivity index (χ1v) is 9.34. The van der Waals surface area contributed by atoms with Gasteiger partial charge in [0.05, 0.1) is 5.92 Å². The normalized spacial score (nSPS) is 45.1. The van der Waals surface area contributed by atoms with E-state index in [0.29, 0.717) is 35.5 Å². The molecule has 4 aliphatic carbocycles. The predicted molar refractivity (Wildman–Crippen MR) is 88.8 cm³/mol. The zero-order valence-corrected chi connectivity index (χ0v) is 14.9. The van der Waals surface area contributed by atoms with Gasteiger partial charge in [0.1, 0.15) is 11.7 Å². The highest BCUT2D eigenvalue weighted by Crippen LogP contribution is 2.69. The van der Waals surface area contributed by atoms with Gasteiger partial charge in [0, 0.05) is 6.08 Å². The Morgan fingerprint density at radius 1 is 1.00 bits per heavy atom. The molecule has 4 saturated carbocycles. The number of fused-ring (bicyclic) bond motifs is 9. The monoisotopic (exact) mass is 332 g/mol. The van der Waals surface area contributed by atoms with Crippen LogP contribution in [0.15, 0.2) is 12.7 Å². The molecule has 0 aliphatic heterocycles. The van der Waals surface area contributed by atoms with Gasteiger partial charge in [0.15, 0.2) is 0 Å². The van der Waals surface area contributed by atoms with E-state index in [1.165, 1.54) is 12.5 Å². The first-order valence-electron chi connectivity index (χ1n) is 9.34. The molecular formula is C20H28O4. The van der Waals surface area contributed by atoms with Crippen LogP contribution in [-0.4, -0.2) is 23.6 Å². The average Bonchev–Trinajstić information content (AvgIpc) is 3.22. The Morgan fingerprint density at radius 2 is 1.62 bits per heavy atom. The molecule has 0 radical (unpaired) electrons. The lowest BCUT2D eigenvalue weighted by atomic mass is 9.67. The third-order valence-corrected chi connectivity index (χ3v) is 6.90.